The summed E-state index contributed by atoms with van der Waals surface area (Å²) in [7, 11) is -5.57. The summed E-state index contributed by atoms with van der Waals surface area (Å²) in [4.78, 5) is 14.3. The number of carbonyl (C=O) groups excluding carboxylic acids is 1. The van der Waals surface area contributed by atoms with Crippen LogP contribution in [0.25, 0.3) is 0 Å². The molecule has 1 amide bonds. The zero-order valence-corrected chi connectivity index (χ0v) is 21.5. The Morgan fingerprint density at radius 1 is 1.17 bits per heavy atom. The predicted molar refractivity (Wildman–Crippen MR) is 118 cm³/mol. The lowest BCUT2D eigenvalue weighted by atomic mass is 9.91. The molecule has 1 aliphatic heterocycles. The van der Waals surface area contributed by atoms with Gasteiger partial charge in [0, 0.05) is 19.0 Å². The number of ether oxygens (including phenoxy) is 1. The highest BCUT2D eigenvalue weighted by molar-refractivity contribution is 7.85. The standard InChI is InChI=1S/C20H41NO6SSi/c1-19(2,3)26-18(22)21-13-10-11-16(15-21)17(12-14-25-28(7,23)24)27-29(8,9)20(4,5)6/h16-17H,10-15H2,1-9H3/t16-,17?/m1/s1. The van der Waals surface area contributed by atoms with Gasteiger partial charge in [-0.15, -0.1) is 0 Å². The van der Waals surface area contributed by atoms with Crippen molar-refractivity contribution >= 4 is 24.5 Å². The van der Waals surface area contributed by atoms with Crippen LogP contribution in [-0.4, -0.2) is 65.4 Å². The lowest BCUT2D eigenvalue weighted by molar-refractivity contribution is 0.00209. The van der Waals surface area contributed by atoms with Gasteiger partial charge in [0.25, 0.3) is 10.1 Å². The predicted octanol–water partition coefficient (Wildman–Crippen LogP) is 4.39. The van der Waals surface area contributed by atoms with Crippen LogP contribution in [-0.2, 0) is 23.5 Å². The average Bonchev–Trinajstić information content (AvgIpc) is 2.50. The van der Waals surface area contributed by atoms with E-state index in [9.17, 15) is 13.2 Å². The molecule has 0 spiro atoms. The first kappa shape index (κ1) is 26.4. The number of piperidine rings is 1. The van der Waals surface area contributed by atoms with E-state index >= 15 is 0 Å². The van der Waals surface area contributed by atoms with Crippen molar-refractivity contribution in [3.8, 4) is 0 Å². The van der Waals surface area contributed by atoms with E-state index in [0.29, 0.717) is 19.5 Å². The van der Waals surface area contributed by atoms with Crippen LogP contribution in [0.5, 0.6) is 0 Å². The van der Waals surface area contributed by atoms with Crippen molar-refractivity contribution in [2.45, 2.75) is 90.6 Å². The molecule has 0 aromatic heterocycles. The molecule has 0 aromatic rings. The Morgan fingerprint density at radius 3 is 2.24 bits per heavy atom. The first-order valence-electron chi connectivity index (χ1n) is 10.4. The first-order valence-corrected chi connectivity index (χ1v) is 15.1. The summed E-state index contributed by atoms with van der Waals surface area (Å²) in [5, 5.41) is 0.0302. The van der Waals surface area contributed by atoms with Crippen LogP contribution in [0.4, 0.5) is 4.79 Å². The van der Waals surface area contributed by atoms with Gasteiger partial charge in [-0.3, -0.25) is 4.18 Å². The van der Waals surface area contributed by atoms with Crippen LogP contribution in [0.15, 0.2) is 0 Å². The summed E-state index contributed by atoms with van der Waals surface area (Å²) in [6.07, 6.45) is 2.86. The molecule has 1 rings (SSSR count). The van der Waals surface area contributed by atoms with E-state index in [1.807, 2.05) is 20.8 Å². The number of hydrogen-bond donors (Lipinski definition) is 0. The van der Waals surface area contributed by atoms with Crippen molar-refractivity contribution in [1.29, 1.82) is 0 Å². The van der Waals surface area contributed by atoms with Crippen molar-refractivity contribution in [3.05, 3.63) is 0 Å². The Labute approximate surface area is 178 Å². The van der Waals surface area contributed by atoms with Crippen molar-refractivity contribution < 1.29 is 26.6 Å². The van der Waals surface area contributed by atoms with E-state index in [1.165, 1.54) is 0 Å². The van der Waals surface area contributed by atoms with Crippen LogP contribution >= 0.6 is 0 Å². The number of likely N-dealkylation sites (tertiary alicyclic amines) is 1. The smallest absolute Gasteiger partial charge is 0.410 e. The second-order valence-corrected chi connectivity index (χ2v) is 17.0. The third kappa shape index (κ3) is 9.36. The molecule has 0 aromatic carbocycles. The molecule has 0 N–H and O–H groups in total. The molecule has 172 valence electrons. The number of carbonyl (C=O) groups is 1. The van der Waals surface area contributed by atoms with Crippen molar-refractivity contribution in [2.75, 3.05) is 26.0 Å². The van der Waals surface area contributed by atoms with Gasteiger partial charge in [0.05, 0.1) is 19.0 Å². The normalized spacial score (nSPS) is 20.4. The van der Waals surface area contributed by atoms with Crippen LogP contribution < -0.4 is 0 Å². The molecule has 1 fully saturated rings. The highest BCUT2D eigenvalue weighted by atomic mass is 32.2. The van der Waals surface area contributed by atoms with Gasteiger partial charge in [-0.2, -0.15) is 8.42 Å². The largest absolute Gasteiger partial charge is 0.444 e. The van der Waals surface area contributed by atoms with Gasteiger partial charge >= 0.3 is 6.09 Å². The molecule has 9 heteroatoms. The van der Waals surface area contributed by atoms with Gasteiger partial charge in [-0.1, -0.05) is 20.8 Å². The van der Waals surface area contributed by atoms with Gasteiger partial charge in [-0.25, -0.2) is 4.79 Å². The number of amides is 1. The van der Waals surface area contributed by atoms with E-state index in [-0.39, 0.29) is 29.8 Å². The number of nitrogens with zero attached hydrogens (tertiary/aromatic N) is 1. The van der Waals surface area contributed by atoms with E-state index in [1.54, 1.807) is 4.90 Å². The molecular formula is C20H41NO6SSi. The highest BCUT2D eigenvalue weighted by Crippen LogP contribution is 2.39. The van der Waals surface area contributed by atoms with Gasteiger partial charge in [-0.05, 0) is 58.2 Å². The third-order valence-corrected chi connectivity index (χ3v) is 10.7. The van der Waals surface area contributed by atoms with E-state index in [0.717, 1.165) is 19.1 Å². The summed E-state index contributed by atoms with van der Waals surface area (Å²) in [5.74, 6) is 0.119. The quantitative estimate of drug-likeness (QED) is 0.422. The molecule has 29 heavy (non-hydrogen) atoms. The molecule has 1 unspecified atom stereocenters. The Hall–Kier alpha value is -0.643. The number of hydrogen-bond acceptors (Lipinski definition) is 6. The summed E-state index contributed by atoms with van der Waals surface area (Å²) >= 11 is 0. The molecule has 0 saturated carbocycles. The molecule has 7 nitrogen and oxygen atoms in total. The lowest BCUT2D eigenvalue weighted by Crippen LogP contribution is -2.50. The van der Waals surface area contributed by atoms with Crippen molar-refractivity contribution in [2.24, 2.45) is 5.92 Å². The van der Waals surface area contributed by atoms with E-state index in [2.05, 4.69) is 33.9 Å². The second kappa shape index (κ2) is 9.66. The summed E-state index contributed by atoms with van der Waals surface area (Å²) < 4.78 is 40.0. The summed E-state index contributed by atoms with van der Waals surface area (Å²) in [6.45, 7) is 17.8. The molecule has 1 heterocycles. The molecule has 0 radical (unpaired) electrons. The maximum absolute atomic E-state index is 12.5. The van der Waals surface area contributed by atoms with E-state index in [4.69, 9.17) is 13.3 Å². The van der Waals surface area contributed by atoms with Crippen molar-refractivity contribution in [3.63, 3.8) is 0 Å². The Balaban J connectivity index is 2.93. The SMILES string of the molecule is CC(C)(C)OC(=O)N1CCC[C@@H](C(CCOS(C)(=O)=O)O[Si](C)(C)C(C)(C)C)C1. The molecule has 2 atom stereocenters. The van der Waals surface area contributed by atoms with Crippen LogP contribution in [0.2, 0.25) is 18.1 Å². The Bertz CT molecular complexity index is 651. The van der Waals surface area contributed by atoms with Gasteiger partial charge < -0.3 is 14.1 Å². The topological polar surface area (TPSA) is 82.1 Å². The van der Waals surface area contributed by atoms with Crippen molar-refractivity contribution in [1.82, 2.24) is 4.90 Å². The molecule has 0 bridgehead atoms. The van der Waals surface area contributed by atoms with E-state index < -0.39 is 24.0 Å². The van der Waals surface area contributed by atoms with Gasteiger partial charge in [0.15, 0.2) is 8.32 Å². The summed E-state index contributed by atoms with van der Waals surface area (Å²) in [6, 6.07) is 0. The molecule has 1 saturated heterocycles. The number of rotatable bonds is 7. The second-order valence-electron chi connectivity index (χ2n) is 10.6. The minimum Gasteiger partial charge on any atom is -0.444 e. The highest BCUT2D eigenvalue weighted by Gasteiger charge is 2.42. The van der Waals surface area contributed by atoms with Crippen LogP contribution in [0, 0.1) is 5.92 Å². The summed E-state index contributed by atoms with van der Waals surface area (Å²) in [5.41, 5.74) is -0.537. The fraction of sp³-hybridized carbons (Fsp3) is 0.950. The molecule has 1 aliphatic rings. The third-order valence-electron chi connectivity index (χ3n) is 5.59. The lowest BCUT2D eigenvalue weighted by Gasteiger charge is -2.44. The molecule has 0 aliphatic carbocycles. The van der Waals surface area contributed by atoms with Crippen LogP contribution in [0.3, 0.4) is 0 Å². The first-order chi connectivity index (χ1) is 12.9. The van der Waals surface area contributed by atoms with Crippen LogP contribution in [0.1, 0.15) is 60.8 Å². The Kier molecular flexibility index (Phi) is 8.79. The zero-order chi connectivity index (χ0) is 22.7. The maximum atomic E-state index is 12.5. The monoisotopic (exact) mass is 451 g/mol. The fourth-order valence-corrected chi connectivity index (χ4v) is 4.89. The minimum absolute atomic E-state index is 0.0302. The maximum Gasteiger partial charge on any atom is 0.410 e. The average molecular weight is 452 g/mol. The minimum atomic E-state index is -3.50. The van der Waals surface area contributed by atoms with Gasteiger partial charge in [0.2, 0.25) is 0 Å². The van der Waals surface area contributed by atoms with Gasteiger partial charge in [0.1, 0.15) is 5.60 Å². The zero-order valence-electron chi connectivity index (χ0n) is 19.7. The molecular weight excluding hydrogens is 410 g/mol. The fourth-order valence-electron chi connectivity index (χ4n) is 3.07. The Morgan fingerprint density at radius 2 is 1.76 bits per heavy atom.